The fraction of sp³-hybridized carbons (Fsp3) is 0.412. The van der Waals surface area contributed by atoms with E-state index in [-0.39, 0.29) is 11.7 Å². The molecule has 3 rings (SSSR count). The summed E-state index contributed by atoms with van der Waals surface area (Å²) in [4.78, 5) is 21.6. The first-order valence-corrected chi connectivity index (χ1v) is 9.12. The highest BCUT2D eigenvalue weighted by Crippen LogP contribution is 2.21. The van der Waals surface area contributed by atoms with Crippen LogP contribution in [0.3, 0.4) is 0 Å². The van der Waals surface area contributed by atoms with Crippen molar-refractivity contribution in [1.82, 2.24) is 20.2 Å². The van der Waals surface area contributed by atoms with Gasteiger partial charge < -0.3 is 10.3 Å². The molecule has 2 N–H and O–H groups in total. The smallest absolute Gasteiger partial charge is 0.234 e. The Bertz CT molecular complexity index is 682. The minimum Gasteiger partial charge on any atom is -0.348 e. The highest BCUT2D eigenvalue weighted by Gasteiger charge is 2.21. The van der Waals surface area contributed by atoms with Crippen LogP contribution in [0.5, 0.6) is 0 Å². The number of benzene rings is 1. The second kappa shape index (κ2) is 7.81. The lowest BCUT2D eigenvalue weighted by atomic mass is 10.2. The van der Waals surface area contributed by atoms with Crippen LogP contribution in [0.4, 0.5) is 4.39 Å². The number of aromatic amines is 1. The molecule has 2 heterocycles. The molecule has 5 nitrogen and oxygen atoms in total. The maximum Gasteiger partial charge on any atom is 0.234 e. The number of hydrogen-bond acceptors (Lipinski definition) is 4. The maximum atomic E-state index is 13.0. The minimum absolute atomic E-state index is 0.00543. The molecule has 7 heteroatoms. The predicted octanol–water partition coefficient (Wildman–Crippen LogP) is 2.27. The fourth-order valence-corrected chi connectivity index (χ4v) is 3.99. The molecule has 128 valence electrons. The topological polar surface area (TPSA) is 61.0 Å². The third kappa shape index (κ3) is 4.36. The van der Waals surface area contributed by atoms with Crippen molar-refractivity contribution in [2.75, 3.05) is 25.1 Å². The van der Waals surface area contributed by atoms with Gasteiger partial charge in [-0.05, 0) is 49.1 Å². The summed E-state index contributed by atoms with van der Waals surface area (Å²) in [5.41, 5.74) is 1.67. The summed E-state index contributed by atoms with van der Waals surface area (Å²) in [6.45, 7) is 0.754. The van der Waals surface area contributed by atoms with Gasteiger partial charge in [-0.2, -0.15) is 11.8 Å². The first-order chi connectivity index (χ1) is 11.6. The largest absolute Gasteiger partial charge is 0.348 e. The van der Waals surface area contributed by atoms with Crippen LogP contribution in [0.2, 0.25) is 0 Å². The number of aromatic nitrogens is 2. The van der Waals surface area contributed by atoms with E-state index in [1.807, 2.05) is 18.8 Å². The number of nitrogens with one attached hydrogen (secondary N) is 2. The Morgan fingerprint density at radius 2 is 2.25 bits per heavy atom. The molecule has 0 saturated carbocycles. The third-order valence-corrected chi connectivity index (χ3v) is 5.30. The fourth-order valence-electron chi connectivity index (χ4n) is 2.69. The molecule has 0 radical (unpaired) electrons. The Kier molecular flexibility index (Phi) is 5.52. The molecule has 1 aromatic carbocycles. The Morgan fingerprint density at radius 3 is 2.96 bits per heavy atom. The number of hydrogen-bond donors (Lipinski definition) is 2. The van der Waals surface area contributed by atoms with Crippen LogP contribution < -0.4 is 5.32 Å². The van der Waals surface area contributed by atoms with Gasteiger partial charge in [-0.15, -0.1) is 0 Å². The predicted molar refractivity (Wildman–Crippen MR) is 94.2 cm³/mol. The molecule has 1 fully saturated rings. The number of H-pyrrole nitrogens is 1. The van der Waals surface area contributed by atoms with Crippen LogP contribution in [-0.4, -0.2) is 51.9 Å². The monoisotopic (exact) mass is 348 g/mol. The lowest BCUT2D eigenvalue weighted by Gasteiger charge is -2.22. The van der Waals surface area contributed by atoms with Gasteiger partial charge in [0.15, 0.2) is 0 Å². The summed E-state index contributed by atoms with van der Waals surface area (Å²) in [7, 11) is 2.00. The molecule has 0 bridgehead atoms. The lowest BCUT2D eigenvalue weighted by molar-refractivity contribution is -0.122. The number of likely N-dealkylation sites (N-methyl/N-ethyl adjacent to an activating group) is 1. The van der Waals surface area contributed by atoms with E-state index < -0.39 is 0 Å². The average Bonchev–Trinajstić information content (AvgIpc) is 3.25. The summed E-state index contributed by atoms with van der Waals surface area (Å²) in [6, 6.07) is 6.71. The SMILES string of the molecule is CN(CC(=O)NCc1ncc(-c2ccc(F)cc2)[nH]1)C1CCSC1. The summed E-state index contributed by atoms with van der Waals surface area (Å²) < 4.78 is 13.0. The summed E-state index contributed by atoms with van der Waals surface area (Å²) >= 11 is 1.94. The van der Waals surface area contributed by atoms with Crippen molar-refractivity contribution in [3.05, 3.63) is 42.1 Å². The molecular formula is C17H21FN4OS. The van der Waals surface area contributed by atoms with Gasteiger partial charge in [0.05, 0.1) is 25.0 Å². The number of carbonyl (C=O) groups is 1. The molecule has 1 aromatic heterocycles. The van der Waals surface area contributed by atoms with E-state index in [4.69, 9.17) is 0 Å². The van der Waals surface area contributed by atoms with Gasteiger partial charge in [-0.25, -0.2) is 9.37 Å². The van der Waals surface area contributed by atoms with Gasteiger partial charge >= 0.3 is 0 Å². The van der Waals surface area contributed by atoms with E-state index in [0.29, 0.717) is 25.0 Å². The van der Waals surface area contributed by atoms with E-state index in [0.717, 1.165) is 23.4 Å². The Balaban J connectivity index is 1.49. The van der Waals surface area contributed by atoms with Crippen molar-refractivity contribution in [1.29, 1.82) is 0 Å². The number of imidazole rings is 1. The zero-order valence-corrected chi connectivity index (χ0v) is 14.4. The van der Waals surface area contributed by atoms with E-state index in [9.17, 15) is 9.18 Å². The van der Waals surface area contributed by atoms with Crippen LogP contribution in [0, 0.1) is 5.82 Å². The Labute approximate surface area is 145 Å². The highest BCUT2D eigenvalue weighted by molar-refractivity contribution is 7.99. The molecule has 1 aliphatic rings. The van der Waals surface area contributed by atoms with Crippen molar-refractivity contribution in [3.8, 4) is 11.3 Å². The average molecular weight is 348 g/mol. The second-order valence-corrected chi connectivity index (χ2v) is 7.11. The molecule has 24 heavy (non-hydrogen) atoms. The van der Waals surface area contributed by atoms with Crippen LogP contribution in [0.25, 0.3) is 11.3 Å². The molecule has 1 amide bonds. The first-order valence-electron chi connectivity index (χ1n) is 7.96. The third-order valence-electron chi connectivity index (χ3n) is 4.16. The number of rotatable bonds is 6. The normalized spacial score (nSPS) is 17.4. The van der Waals surface area contributed by atoms with E-state index in [2.05, 4.69) is 20.2 Å². The van der Waals surface area contributed by atoms with Gasteiger partial charge in [0.2, 0.25) is 5.91 Å². The summed E-state index contributed by atoms with van der Waals surface area (Å²) in [5, 5.41) is 2.89. The first kappa shape index (κ1) is 17.0. The van der Waals surface area contributed by atoms with Crippen LogP contribution >= 0.6 is 11.8 Å². The molecule has 1 aliphatic heterocycles. The van der Waals surface area contributed by atoms with Crippen molar-refractivity contribution in [2.24, 2.45) is 0 Å². The lowest BCUT2D eigenvalue weighted by Crippen LogP contribution is -2.40. The van der Waals surface area contributed by atoms with E-state index in [1.165, 1.54) is 17.9 Å². The van der Waals surface area contributed by atoms with Crippen LogP contribution in [0.15, 0.2) is 30.5 Å². The molecule has 1 unspecified atom stereocenters. The van der Waals surface area contributed by atoms with Gasteiger partial charge in [0.1, 0.15) is 11.6 Å². The maximum absolute atomic E-state index is 13.0. The molecule has 0 aliphatic carbocycles. The van der Waals surface area contributed by atoms with Crippen molar-refractivity contribution in [2.45, 2.75) is 19.0 Å². The highest BCUT2D eigenvalue weighted by atomic mass is 32.2. The van der Waals surface area contributed by atoms with Gasteiger partial charge in [-0.3, -0.25) is 9.69 Å². The van der Waals surface area contributed by atoms with Crippen molar-refractivity contribution in [3.63, 3.8) is 0 Å². The quantitative estimate of drug-likeness (QED) is 0.841. The van der Waals surface area contributed by atoms with Gasteiger partial charge in [-0.1, -0.05) is 0 Å². The standard InChI is InChI=1S/C17H21FN4OS/c1-22(14-6-7-24-11-14)10-17(23)20-9-16-19-8-15(21-16)12-2-4-13(18)5-3-12/h2-5,8,14H,6-7,9-11H2,1H3,(H,19,21)(H,20,23). The molecule has 2 aromatic rings. The second-order valence-electron chi connectivity index (χ2n) is 5.96. The zero-order valence-electron chi connectivity index (χ0n) is 13.6. The zero-order chi connectivity index (χ0) is 16.9. The van der Waals surface area contributed by atoms with Gasteiger partial charge in [0, 0.05) is 11.8 Å². The van der Waals surface area contributed by atoms with E-state index >= 15 is 0 Å². The number of carbonyl (C=O) groups excluding carboxylic acids is 1. The molecule has 0 spiro atoms. The minimum atomic E-state index is -0.268. The molecular weight excluding hydrogens is 327 g/mol. The van der Waals surface area contributed by atoms with Crippen molar-refractivity contribution < 1.29 is 9.18 Å². The van der Waals surface area contributed by atoms with Gasteiger partial charge in [0.25, 0.3) is 0 Å². The van der Waals surface area contributed by atoms with Crippen LogP contribution in [-0.2, 0) is 11.3 Å². The summed E-state index contributed by atoms with van der Waals surface area (Å²) in [5.74, 6) is 2.68. The van der Waals surface area contributed by atoms with Crippen LogP contribution in [0.1, 0.15) is 12.2 Å². The molecule has 1 saturated heterocycles. The summed E-state index contributed by atoms with van der Waals surface area (Å²) in [6.07, 6.45) is 2.84. The molecule has 1 atom stereocenters. The van der Waals surface area contributed by atoms with E-state index in [1.54, 1.807) is 18.3 Å². The number of thioether (sulfide) groups is 1. The number of amides is 1. The Hall–Kier alpha value is -1.86. The number of halogens is 1. The Morgan fingerprint density at radius 1 is 1.46 bits per heavy atom. The van der Waals surface area contributed by atoms with Crippen molar-refractivity contribution >= 4 is 17.7 Å². The number of nitrogens with zero attached hydrogens (tertiary/aromatic N) is 2.